The molecule has 158 valence electrons. The monoisotopic (exact) mass is 433 g/mol. The van der Waals surface area contributed by atoms with E-state index in [9.17, 15) is 9.59 Å². The standard InChI is InChI=1S/C23H23N5O2S/c1-3-15(2)20(22(30)26-12-10-24)28-21(29)17-8-6-16(7-9-17)19-14-31-23(27-19)18-5-4-11-25-13-18/h4-9,11,13-15,20H,3,12H2,1-2H3,(H,26,30)(H,28,29)/t15?,20-/m0/s1. The molecule has 3 aromatic rings. The minimum atomic E-state index is -0.703. The molecule has 0 aliphatic rings. The number of hydrogen-bond donors (Lipinski definition) is 2. The molecule has 2 aromatic heterocycles. The number of nitrogens with zero attached hydrogens (tertiary/aromatic N) is 3. The number of carbonyl (C=O) groups excluding carboxylic acids is 2. The Morgan fingerprint density at radius 2 is 1.97 bits per heavy atom. The van der Waals surface area contributed by atoms with Crippen molar-refractivity contribution in [3.63, 3.8) is 0 Å². The fourth-order valence-electron chi connectivity index (χ4n) is 2.98. The molecule has 1 aromatic carbocycles. The molecule has 7 nitrogen and oxygen atoms in total. The minimum Gasteiger partial charge on any atom is -0.341 e. The number of hydrogen-bond acceptors (Lipinski definition) is 6. The molecule has 0 bridgehead atoms. The van der Waals surface area contributed by atoms with Crippen molar-refractivity contribution in [3.05, 3.63) is 59.7 Å². The van der Waals surface area contributed by atoms with Crippen LogP contribution in [0, 0.1) is 17.2 Å². The highest BCUT2D eigenvalue weighted by Crippen LogP contribution is 2.28. The van der Waals surface area contributed by atoms with E-state index in [1.165, 1.54) is 11.3 Å². The van der Waals surface area contributed by atoms with Gasteiger partial charge in [0, 0.05) is 34.5 Å². The number of amides is 2. The second kappa shape index (κ2) is 10.5. The van der Waals surface area contributed by atoms with Gasteiger partial charge in [-0.2, -0.15) is 5.26 Å². The van der Waals surface area contributed by atoms with E-state index in [0.29, 0.717) is 12.0 Å². The van der Waals surface area contributed by atoms with Gasteiger partial charge in [-0.3, -0.25) is 14.6 Å². The molecule has 8 heteroatoms. The van der Waals surface area contributed by atoms with E-state index < -0.39 is 6.04 Å². The summed E-state index contributed by atoms with van der Waals surface area (Å²) in [6, 6.07) is 12.1. The largest absolute Gasteiger partial charge is 0.341 e. The van der Waals surface area contributed by atoms with E-state index in [1.807, 2.05) is 49.6 Å². The van der Waals surface area contributed by atoms with E-state index in [1.54, 1.807) is 24.5 Å². The lowest BCUT2D eigenvalue weighted by Gasteiger charge is -2.23. The van der Waals surface area contributed by atoms with Gasteiger partial charge in [0.15, 0.2) is 0 Å². The highest BCUT2D eigenvalue weighted by molar-refractivity contribution is 7.13. The fraction of sp³-hybridized carbons (Fsp3) is 0.261. The van der Waals surface area contributed by atoms with E-state index in [2.05, 4.69) is 20.6 Å². The van der Waals surface area contributed by atoms with Crippen molar-refractivity contribution in [1.29, 1.82) is 5.26 Å². The van der Waals surface area contributed by atoms with Gasteiger partial charge in [0.05, 0.1) is 11.8 Å². The summed E-state index contributed by atoms with van der Waals surface area (Å²) in [7, 11) is 0. The Morgan fingerprint density at radius 3 is 2.61 bits per heavy atom. The third-order valence-corrected chi connectivity index (χ3v) is 5.87. The number of rotatable bonds is 8. The van der Waals surface area contributed by atoms with Gasteiger partial charge in [-0.15, -0.1) is 11.3 Å². The summed E-state index contributed by atoms with van der Waals surface area (Å²) in [5.41, 5.74) is 3.13. The van der Waals surface area contributed by atoms with E-state index in [0.717, 1.165) is 21.8 Å². The summed E-state index contributed by atoms with van der Waals surface area (Å²) < 4.78 is 0. The van der Waals surface area contributed by atoms with Gasteiger partial charge in [0.2, 0.25) is 5.91 Å². The maximum absolute atomic E-state index is 12.7. The van der Waals surface area contributed by atoms with E-state index in [4.69, 9.17) is 5.26 Å². The first-order chi connectivity index (χ1) is 15.0. The molecular weight excluding hydrogens is 410 g/mol. The molecule has 0 radical (unpaired) electrons. The normalized spacial score (nSPS) is 12.4. The quantitative estimate of drug-likeness (QED) is 0.527. The second-order valence-electron chi connectivity index (χ2n) is 7.07. The van der Waals surface area contributed by atoms with E-state index in [-0.39, 0.29) is 24.3 Å². The fourth-order valence-corrected chi connectivity index (χ4v) is 3.80. The van der Waals surface area contributed by atoms with Gasteiger partial charge < -0.3 is 10.6 Å². The van der Waals surface area contributed by atoms with Crippen molar-refractivity contribution in [1.82, 2.24) is 20.6 Å². The Hall–Kier alpha value is -3.57. The van der Waals surface area contributed by atoms with Gasteiger partial charge in [-0.05, 0) is 30.2 Å². The molecule has 2 N–H and O–H groups in total. The summed E-state index contributed by atoms with van der Waals surface area (Å²) in [6.45, 7) is 3.75. The third kappa shape index (κ3) is 5.53. The molecule has 1 unspecified atom stereocenters. The number of nitriles is 1. The minimum absolute atomic E-state index is 0.0668. The summed E-state index contributed by atoms with van der Waals surface area (Å²) in [5, 5.41) is 16.8. The van der Waals surface area contributed by atoms with Gasteiger partial charge in [-0.25, -0.2) is 4.98 Å². The van der Waals surface area contributed by atoms with E-state index >= 15 is 0 Å². The molecule has 2 atom stereocenters. The molecule has 0 aliphatic carbocycles. The van der Waals surface area contributed by atoms with Crippen molar-refractivity contribution < 1.29 is 9.59 Å². The summed E-state index contributed by atoms with van der Waals surface area (Å²) in [4.78, 5) is 33.8. The van der Waals surface area contributed by atoms with Gasteiger partial charge >= 0.3 is 0 Å². The Kier molecular flexibility index (Phi) is 7.46. The number of nitrogens with one attached hydrogen (secondary N) is 2. The van der Waals surface area contributed by atoms with Crippen LogP contribution in [-0.4, -0.2) is 34.4 Å². The van der Waals surface area contributed by atoms with Crippen molar-refractivity contribution in [2.75, 3.05) is 6.54 Å². The van der Waals surface area contributed by atoms with Crippen LogP contribution < -0.4 is 10.6 Å². The molecule has 0 spiro atoms. The van der Waals surface area contributed by atoms with Crippen molar-refractivity contribution in [3.8, 4) is 27.9 Å². The lowest BCUT2D eigenvalue weighted by atomic mass is 9.97. The Labute approximate surface area is 185 Å². The van der Waals surface area contributed by atoms with Crippen molar-refractivity contribution in [2.24, 2.45) is 5.92 Å². The average Bonchev–Trinajstić information content (AvgIpc) is 3.31. The highest BCUT2D eigenvalue weighted by atomic mass is 32.1. The molecule has 31 heavy (non-hydrogen) atoms. The predicted molar refractivity (Wildman–Crippen MR) is 120 cm³/mol. The smallest absolute Gasteiger partial charge is 0.251 e. The lowest BCUT2D eigenvalue weighted by Crippen LogP contribution is -2.50. The molecule has 3 rings (SSSR count). The molecule has 2 amide bonds. The SMILES string of the molecule is CCC(C)[C@H](NC(=O)c1ccc(-c2csc(-c3cccnc3)n2)cc1)C(=O)NCC#N. The molecule has 0 saturated carbocycles. The maximum Gasteiger partial charge on any atom is 0.251 e. The van der Waals surface area contributed by atoms with Crippen LogP contribution in [0.5, 0.6) is 0 Å². The first-order valence-corrected chi connectivity index (χ1v) is 10.8. The summed E-state index contributed by atoms with van der Waals surface area (Å²) in [6.07, 6.45) is 4.21. The van der Waals surface area contributed by atoms with Crippen molar-refractivity contribution >= 4 is 23.2 Å². The average molecular weight is 434 g/mol. The molecular formula is C23H23N5O2S. The zero-order chi connectivity index (χ0) is 22.2. The van der Waals surface area contributed by atoms with Crippen LogP contribution in [0.4, 0.5) is 0 Å². The molecule has 0 fully saturated rings. The van der Waals surface area contributed by atoms with Crippen LogP contribution in [0.2, 0.25) is 0 Å². The summed E-state index contributed by atoms with van der Waals surface area (Å²) in [5.74, 6) is -0.757. The number of carbonyl (C=O) groups is 2. The van der Waals surface area contributed by atoms with Crippen molar-refractivity contribution in [2.45, 2.75) is 26.3 Å². The number of pyridine rings is 1. The topological polar surface area (TPSA) is 108 Å². The number of aromatic nitrogens is 2. The Morgan fingerprint density at radius 1 is 1.19 bits per heavy atom. The molecule has 2 heterocycles. The third-order valence-electron chi connectivity index (χ3n) is 4.98. The van der Waals surface area contributed by atoms with Gasteiger partial charge in [-0.1, -0.05) is 32.4 Å². The predicted octanol–water partition coefficient (Wildman–Crippen LogP) is 3.66. The van der Waals surface area contributed by atoms with Crippen LogP contribution in [0.3, 0.4) is 0 Å². The van der Waals surface area contributed by atoms with Crippen LogP contribution in [0.25, 0.3) is 21.8 Å². The van der Waals surface area contributed by atoms with Crippen LogP contribution in [-0.2, 0) is 4.79 Å². The zero-order valence-corrected chi connectivity index (χ0v) is 18.1. The first-order valence-electron chi connectivity index (χ1n) is 9.95. The molecule has 0 saturated heterocycles. The number of thiazole rings is 1. The van der Waals surface area contributed by atoms with Gasteiger partial charge in [0.25, 0.3) is 5.91 Å². The Balaban J connectivity index is 1.72. The Bertz CT molecular complexity index is 1070. The summed E-state index contributed by atoms with van der Waals surface area (Å²) >= 11 is 1.53. The second-order valence-corrected chi connectivity index (χ2v) is 7.93. The lowest BCUT2D eigenvalue weighted by molar-refractivity contribution is -0.123. The number of benzene rings is 1. The zero-order valence-electron chi connectivity index (χ0n) is 17.3. The van der Waals surface area contributed by atoms with Gasteiger partial charge in [0.1, 0.15) is 17.6 Å². The van der Waals surface area contributed by atoms with Crippen LogP contribution in [0.15, 0.2) is 54.2 Å². The molecule has 0 aliphatic heterocycles. The van der Waals surface area contributed by atoms with Crippen LogP contribution >= 0.6 is 11.3 Å². The highest BCUT2D eigenvalue weighted by Gasteiger charge is 2.26. The first kappa shape index (κ1) is 22.1. The van der Waals surface area contributed by atoms with Crippen LogP contribution in [0.1, 0.15) is 30.6 Å². The maximum atomic E-state index is 12.7.